The molecule has 0 N–H and O–H groups in total. The first-order valence-electron chi connectivity index (χ1n) is 4.36. The van der Waals surface area contributed by atoms with Gasteiger partial charge in [0.25, 0.3) is 0 Å². The van der Waals surface area contributed by atoms with Gasteiger partial charge in [-0.3, -0.25) is 0 Å². The van der Waals surface area contributed by atoms with Crippen molar-refractivity contribution in [3.05, 3.63) is 0 Å². The Morgan fingerprint density at radius 1 is 0.909 bits per heavy atom. The summed E-state index contributed by atoms with van der Waals surface area (Å²) in [5.41, 5.74) is 0. The molecule has 1 heterocycles. The maximum Gasteiger partial charge on any atom is 0.201 e. The van der Waals surface area contributed by atoms with Crippen molar-refractivity contribution >= 4 is 0 Å². The second-order valence-electron chi connectivity index (χ2n) is 3.23. The van der Waals surface area contributed by atoms with Gasteiger partial charge in [-0.25, -0.2) is 9.78 Å². The van der Waals surface area contributed by atoms with Crippen LogP contribution in [0.1, 0.15) is 32.1 Å². The molecule has 0 aromatic heterocycles. The van der Waals surface area contributed by atoms with E-state index in [1.54, 1.807) is 0 Å². The van der Waals surface area contributed by atoms with Crippen LogP contribution in [0, 0.1) is 0 Å². The SMILES string of the molecule is C1CCC2(CC1)OCCOO2. The van der Waals surface area contributed by atoms with Crippen molar-refractivity contribution < 1.29 is 14.5 Å². The van der Waals surface area contributed by atoms with Gasteiger partial charge in [0.1, 0.15) is 6.61 Å². The van der Waals surface area contributed by atoms with Gasteiger partial charge in [0.15, 0.2) is 0 Å². The fraction of sp³-hybridized carbons (Fsp3) is 1.00. The van der Waals surface area contributed by atoms with E-state index in [9.17, 15) is 0 Å². The highest BCUT2D eigenvalue weighted by Crippen LogP contribution is 2.34. The molecule has 0 radical (unpaired) electrons. The van der Waals surface area contributed by atoms with Gasteiger partial charge >= 0.3 is 0 Å². The Bertz CT molecular complexity index is 104. The van der Waals surface area contributed by atoms with Crippen molar-refractivity contribution in [3.63, 3.8) is 0 Å². The fourth-order valence-electron chi connectivity index (χ4n) is 1.75. The van der Waals surface area contributed by atoms with Crippen molar-refractivity contribution in [2.24, 2.45) is 0 Å². The van der Waals surface area contributed by atoms with Gasteiger partial charge in [0.05, 0.1) is 6.61 Å². The first kappa shape index (κ1) is 7.53. The Labute approximate surface area is 66.6 Å². The lowest BCUT2D eigenvalue weighted by Gasteiger charge is -2.37. The molecule has 64 valence electrons. The molecule has 0 atom stereocenters. The van der Waals surface area contributed by atoms with Crippen LogP contribution in [-0.2, 0) is 14.5 Å². The zero-order valence-corrected chi connectivity index (χ0v) is 6.67. The summed E-state index contributed by atoms with van der Waals surface area (Å²) in [6.45, 7) is 1.25. The molecular formula is C8H14O3. The van der Waals surface area contributed by atoms with Crippen LogP contribution >= 0.6 is 0 Å². The molecule has 2 fully saturated rings. The smallest absolute Gasteiger partial charge is 0.201 e. The molecule has 3 nitrogen and oxygen atoms in total. The summed E-state index contributed by atoms with van der Waals surface area (Å²) in [5.74, 6) is -0.365. The van der Waals surface area contributed by atoms with Crippen LogP contribution in [0.4, 0.5) is 0 Å². The van der Waals surface area contributed by atoms with Crippen LogP contribution in [-0.4, -0.2) is 19.0 Å². The lowest BCUT2D eigenvalue weighted by Crippen LogP contribution is -2.42. The van der Waals surface area contributed by atoms with E-state index in [1.807, 2.05) is 0 Å². The first-order valence-corrected chi connectivity index (χ1v) is 4.36. The number of hydrogen-bond donors (Lipinski definition) is 0. The molecule has 1 saturated carbocycles. The molecule has 2 aliphatic rings. The molecule has 1 saturated heterocycles. The minimum Gasteiger partial charge on any atom is -0.345 e. The number of hydrogen-bond acceptors (Lipinski definition) is 3. The first-order chi connectivity index (χ1) is 5.41. The average Bonchev–Trinajstić information content (AvgIpc) is 2.07. The van der Waals surface area contributed by atoms with Gasteiger partial charge in [-0.2, -0.15) is 0 Å². The second-order valence-corrected chi connectivity index (χ2v) is 3.23. The Hall–Kier alpha value is -0.120. The molecule has 11 heavy (non-hydrogen) atoms. The summed E-state index contributed by atoms with van der Waals surface area (Å²) in [7, 11) is 0. The van der Waals surface area contributed by atoms with E-state index in [0.717, 1.165) is 12.8 Å². The third-order valence-electron chi connectivity index (χ3n) is 2.36. The van der Waals surface area contributed by atoms with Gasteiger partial charge in [-0.15, -0.1) is 0 Å². The molecule has 3 heteroatoms. The van der Waals surface area contributed by atoms with Crippen molar-refractivity contribution in [2.45, 2.75) is 37.9 Å². The summed E-state index contributed by atoms with van der Waals surface area (Å²) < 4.78 is 5.56. The number of rotatable bonds is 0. The third-order valence-corrected chi connectivity index (χ3v) is 2.36. The van der Waals surface area contributed by atoms with Crippen LogP contribution in [0.5, 0.6) is 0 Å². The standard InChI is InChI=1S/C8H14O3/c1-2-4-8(5-3-1)9-6-7-10-11-8/h1-7H2. The molecule has 1 spiro atoms. The Balaban J connectivity index is 1.94. The van der Waals surface area contributed by atoms with Crippen LogP contribution in [0.2, 0.25) is 0 Å². The molecular weight excluding hydrogens is 144 g/mol. The average molecular weight is 158 g/mol. The number of ether oxygens (including phenoxy) is 1. The highest BCUT2D eigenvalue weighted by atomic mass is 17.2. The summed E-state index contributed by atoms with van der Waals surface area (Å²) in [6.07, 6.45) is 5.68. The highest BCUT2D eigenvalue weighted by Gasteiger charge is 2.37. The van der Waals surface area contributed by atoms with E-state index < -0.39 is 0 Å². The molecule has 0 aromatic carbocycles. The van der Waals surface area contributed by atoms with Crippen LogP contribution < -0.4 is 0 Å². The van der Waals surface area contributed by atoms with Gasteiger partial charge in [-0.1, -0.05) is 6.42 Å². The van der Waals surface area contributed by atoms with Gasteiger partial charge in [-0.05, 0) is 12.8 Å². The van der Waals surface area contributed by atoms with E-state index in [0.29, 0.717) is 13.2 Å². The highest BCUT2D eigenvalue weighted by molar-refractivity contribution is 4.74. The molecule has 0 unspecified atom stereocenters. The molecule has 2 rings (SSSR count). The minimum absolute atomic E-state index is 0.365. The molecule has 1 aliphatic carbocycles. The summed E-state index contributed by atoms with van der Waals surface area (Å²) in [6, 6.07) is 0. The zero-order chi connectivity index (χ0) is 7.57. The predicted molar refractivity (Wildman–Crippen MR) is 38.8 cm³/mol. The largest absolute Gasteiger partial charge is 0.345 e. The van der Waals surface area contributed by atoms with E-state index in [4.69, 9.17) is 14.5 Å². The van der Waals surface area contributed by atoms with Crippen molar-refractivity contribution in [1.29, 1.82) is 0 Å². The van der Waals surface area contributed by atoms with Gasteiger partial charge < -0.3 is 4.74 Å². The Morgan fingerprint density at radius 2 is 1.73 bits per heavy atom. The lowest BCUT2D eigenvalue weighted by molar-refractivity contribution is -0.471. The van der Waals surface area contributed by atoms with E-state index >= 15 is 0 Å². The maximum atomic E-state index is 5.56. The fourth-order valence-corrected chi connectivity index (χ4v) is 1.75. The monoisotopic (exact) mass is 158 g/mol. The van der Waals surface area contributed by atoms with Gasteiger partial charge in [0.2, 0.25) is 5.79 Å². The van der Waals surface area contributed by atoms with Crippen molar-refractivity contribution in [3.8, 4) is 0 Å². The van der Waals surface area contributed by atoms with Gasteiger partial charge in [0, 0.05) is 12.8 Å². The van der Waals surface area contributed by atoms with Crippen LogP contribution in [0.25, 0.3) is 0 Å². The van der Waals surface area contributed by atoms with Crippen LogP contribution in [0.3, 0.4) is 0 Å². The lowest BCUT2D eigenvalue weighted by atomic mass is 9.94. The maximum absolute atomic E-state index is 5.56. The Kier molecular flexibility index (Phi) is 2.11. The summed E-state index contributed by atoms with van der Waals surface area (Å²) in [5, 5.41) is 0. The quantitative estimate of drug-likeness (QED) is 0.501. The molecule has 1 aliphatic heterocycles. The normalized spacial score (nSPS) is 30.5. The molecule has 0 bridgehead atoms. The molecule has 0 amide bonds. The van der Waals surface area contributed by atoms with Crippen molar-refractivity contribution in [2.75, 3.05) is 13.2 Å². The summed E-state index contributed by atoms with van der Waals surface area (Å²) in [4.78, 5) is 10.1. The minimum atomic E-state index is -0.365. The molecule has 0 aromatic rings. The Morgan fingerprint density at radius 3 is 2.36 bits per heavy atom. The predicted octanol–water partition coefficient (Wildman–Crippen LogP) is 1.63. The van der Waals surface area contributed by atoms with Crippen LogP contribution in [0.15, 0.2) is 0 Å². The zero-order valence-electron chi connectivity index (χ0n) is 6.67. The van der Waals surface area contributed by atoms with Crippen molar-refractivity contribution in [1.82, 2.24) is 0 Å². The summed E-state index contributed by atoms with van der Waals surface area (Å²) >= 11 is 0. The topological polar surface area (TPSA) is 27.7 Å². The van der Waals surface area contributed by atoms with E-state index in [-0.39, 0.29) is 5.79 Å². The van der Waals surface area contributed by atoms with E-state index in [1.165, 1.54) is 19.3 Å². The third kappa shape index (κ3) is 1.55. The second kappa shape index (κ2) is 3.09. The van der Waals surface area contributed by atoms with E-state index in [2.05, 4.69) is 0 Å².